The fourth-order valence-electron chi connectivity index (χ4n) is 4.74. The summed E-state index contributed by atoms with van der Waals surface area (Å²) >= 11 is 4.67. The lowest BCUT2D eigenvalue weighted by atomic mass is 10.1. The molecule has 4 heterocycles. The van der Waals surface area contributed by atoms with E-state index in [1.165, 1.54) is 4.90 Å². The molecule has 280 valence electrons. The Kier molecular flexibility index (Phi) is 14.7. The molecule has 0 unspecified atom stereocenters. The first kappa shape index (κ1) is 40.0. The van der Waals surface area contributed by atoms with Crippen molar-refractivity contribution in [1.29, 1.82) is 0 Å². The van der Waals surface area contributed by atoms with Crippen LogP contribution in [-0.2, 0) is 28.7 Å². The van der Waals surface area contributed by atoms with Crippen LogP contribution in [0.3, 0.4) is 0 Å². The van der Waals surface area contributed by atoms with Gasteiger partial charge in [-0.25, -0.2) is 14.5 Å². The van der Waals surface area contributed by atoms with Crippen LogP contribution in [0.15, 0.2) is 46.1 Å². The number of carboxylic acids is 2. The Labute approximate surface area is 311 Å². The predicted molar refractivity (Wildman–Crippen MR) is 195 cm³/mol. The van der Waals surface area contributed by atoms with Crippen LogP contribution < -0.4 is 25.2 Å². The quantitative estimate of drug-likeness (QED) is 0.143. The van der Waals surface area contributed by atoms with Crippen molar-refractivity contribution < 1.29 is 43.6 Å². The Bertz CT molecular complexity index is 1760. The van der Waals surface area contributed by atoms with Crippen molar-refractivity contribution in [3.8, 4) is 5.88 Å². The lowest BCUT2D eigenvalue weighted by molar-refractivity contribution is -0.151. The number of carbonyl (C=O) groups is 4. The van der Waals surface area contributed by atoms with Gasteiger partial charge in [-0.1, -0.05) is 0 Å². The molecule has 3 aromatic rings. The topological polar surface area (TPSA) is 231 Å². The fourth-order valence-corrected chi connectivity index (χ4v) is 5.87. The maximum absolute atomic E-state index is 13.6. The van der Waals surface area contributed by atoms with E-state index in [0.717, 1.165) is 11.7 Å². The molecule has 1 saturated heterocycles. The lowest BCUT2D eigenvalue weighted by Crippen LogP contribution is -2.45. The number of aromatic nitrogens is 4. The first-order valence-electron chi connectivity index (χ1n) is 16.2. The van der Waals surface area contributed by atoms with Gasteiger partial charge in [-0.3, -0.25) is 24.5 Å². The summed E-state index contributed by atoms with van der Waals surface area (Å²) < 4.78 is 26.6. The van der Waals surface area contributed by atoms with Gasteiger partial charge in [0.25, 0.3) is 5.88 Å². The van der Waals surface area contributed by atoms with E-state index in [4.69, 9.17) is 24.4 Å². The number of anilines is 2. The van der Waals surface area contributed by atoms with E-state index >= 15 is 0 Å². The summed E-state index contributed by atoms with van der Waals surface area (Å²) in [6, 6.07) is 3.57. The van der Waals surface area contributed by atoms with Gasteiger partial charge in [0.05, 0.1) is 53.6 Å². The molecule has 52 heavy (non-hydrogen) atoms. The Balaban J connectivity index is 0.000000677. The minimum Gasteiger partial charge on any atom is -0.478 e. The number of amides is 1. The zero-order valence-electron chi connectivity index (χ0n) is 28.8. The molecular weight excluding hydrogens is 766 g/mol. The summed E-state index contributed by atoms with van der Waals surface area (Å²) in [5.74, 6) is -1.87. The summed E-state index contributed by atoms with van der Waals surface area (Å²) in [4.78, 5) is 62.5. The number of fused-ring (bicyclic) bond motifs is 1. The van der Waals surface area contributed by atoms with Crippen LogP contribution in [0.5, 0.6) is 5.88 Å². The summed E-state index contributed by atoms with van der Waals surface area (Å²) in [5.41, 5.74) is 1.64. The SMILES string of the molecule is CC(C)(C)NC[C@@H](COc1nsnc1N1CCOCC1)OC(=O)CCC(=O)N(C1=NCCN1)c1ccc2nccnc2c1Br.O=C(O)/C=C\C(=O)O. The zero-order chi connectivity index (χ0) is 37.7. The Morgan fingerprint density at radius 2 is 1.81 bits per heavy atom. The third-order valence-electron chi connectivity index (χ3n) is 7.15. The van der Waals surface area contributed by atoms with Gasteiger partial charge in [0.2, 0.25) is 17.7 Å². The van der Waals surface area contributed by atoms with Crippen LogP contribution in [0.25, 0.3) is 11.0 Å². The van der Waals surface area contributed by atoms with Gasteiger partial charge in [0, 0.05) is 62.7 Å². The standard InChI is InChI=1S/C28H36BrN9O5S.C4H4O4/c1-28(2,3)34-16-18(17-42-26-25(35-44-36-26)37-12-14-41-15-13-37)43-22(40)7-6-21(39)38(27-32-10-11-33-27)20-5-4-19-24(23(20)29)31-9-8-30-19;5-3(6)1-2-4(7)8/h4-5,8-9,18,34H,6-7,10-17H2,1-3H3,(H,32,33);1-2H,(H,5,6)(H,7,8)/b;2-1-/t18-;/m0./s1. The van der Waals surface area contributed by atoms with E-state index in [0.29, 0.717) is 96.9 Å². The normalized spacial score (nSPS) is 14.9. The molecule has 0 radical (unpaired) electrons. The van der Waals surface area contributed by atoms with Crippen molar-refractivity contribution in [2.24, 2.45) is 4.99 Å². The molecule has 0 saturated carbocycles. The highest BCUT2D eigenvalue weighted by molar-refractivity contribution is 9.10. The van der Waals surface area contributed by atoms with E-state index in [1.54, 1.807) is 24.5 Å². The number of esters is 1. The summed E-state index contributed by atoms with van der Waals surface area (Å²) in [5, 5.41) is 22.1. The molecule has 1 atom stereocenters. The minimum absolute atomic E-state index is 0.0729. The van der Waals surface area contributed by atoms with Crippen molar-refractivity contribution in [2.45, 2.75) is 45.3 Å². The summed E-state index contributed by atoms with van der Waals surface area (Å²) in [7, 11) is 0. The largest absolute Gasteiger partial charge is 0.478 e. The van der Waals surface area contributed by atoms with Crippen LogP contribution in [0.1, 0.15) is 33.6 Å². The third kappa shape index (κ3) is 12.2. The maximum atomic E-state index is 13.6. The number of nitrogens with one attached hydrogen (secondary N) is 2. The molecule has 4 N–H and O–H groups in total. The number of halogens is 1. The van der Waals surface area contributed by atoms with Gasteiger partial charge in [0.1, 0.15) is 18.2 Å². The number of morpholine rings is 1. The highest BCUT2D eigenvalue weighted by Crippen LogP contribution is 2.33. The number of carbonyl (C=O) groups excluding carboxylic acids is 2. The lowest BCUT2D eigenvalue weighted by Gasteiger charge is -2.28. The van der Waals surface area contributed by atoms with Gasteiger partial charge in [-0.2, -0.15) is 4.37 Å². The van der Waals surface area contributed by atoms with Crippen molar-refractivity contribution in [2.75, 3.05) is 62.3 Å². The van der Waals surface area contributed by atoms with Gasteiger partial charge in [-0.15, -0.1) is 4.37 Å². The second-order valence-electron chi connectivity index (χ2n) is 12.2. The molecule has 1 aromatic carbocycles. The monoisotopic (exact) mass is 805 g/mol. The number of nitrogens with zero attached hydrogens (tertiary/aromatic N) is 7. The molecular formula is C32H40BrN9O9S. The highest BCUT2D eigenvalue weighted by Gasteiger charge is 2.28. The number of guanidine groups is 1. The van der Waals surface area contributed by atoms with Gasteiger partial charge in [-0.05, 0) is 48.8 Å². The molecule has 0 bridgehead atoms. The van der Waals surface area contributed by atoms with Crippen LogP contribution in [-0.4, -0.2) is 123 Å². The molecule has 20 heteroatoms. The van der Waals surface area contributed by atoms with E-state index in [-0.39, 0.29) is 30.9 Å². The number of benzene rings is 1. The van der Waals surface area contributed by atoms with E-state index in [1.807, 2.05) is 20.8 Å². The highest BCUT2D eigenvalue weighted by atomic mass is 79.9. The number of hydrogen-bond donors (Lipinski definition) is 4. The van der Waals surface area contributed by atoms with Crippen molar-refractivity contribution >= 4 is 80.0 Å². The molecule has 5 rings (SSSR count). The van der Waals surface area contributed by atoms with Crippen molar-refractivity contribution in [3.05, 3.63) is 41.2 Å². The van der Waals surface area contributed by atoms with E-state index in [2.05, 4.69) is 55.2 Å². The summed E-state index contributed by atoms with van der Waals surface area (Å²) in [6.07, 6.45) is 3.47. The molecule has 18 nitrogen and oxygen atoms in total. The van der Waals surface area contributed by atoms with Crippen LogP contribution in [0.2, 0.25) is 0 Å². The van der Waals surface area contributed by atoms with Crippen molar-refractivity contribution in [3.63, 3.8) is 0 Å². The molecule has 2 aromatic heterocycles. The number of aliphatic imine (C=N–C) groups is 1. The minimum atomic E-state index is -1.26. The van der Waals surface area contributed by atoms with Crippen LogP contribution in [0, 0.1) is 0 Å². The average molecular weight is 807 g/mol. The predicted octanol–water partition coefficient (Wildman–Crippen LogP) is 2.24. The summed E-state index contributed by atoms with van der Waals surface area (Å²) in [6.45, 7) is 10.3. The second kappa shape index (κ2) is 19.2. The van der Waals surface area contributed by atoms with E-state index in [9.17, 15) is 19.2 Å². The maximum Gasteiger partial charge on any atom is 0.328 e. The number of carboxylic acid groups (broad SMARTS) is 2. The van der Waals surface area contributed by atoms with E-state index < -0.39 is 24.0 Å². The molecule has 0 aliphatic carbocycles. The van der Waals surface area contributed by atoms with Crippen LogP contribution >= 0.6 is 27.7 Å². The number of rotatable bonds is 13. The third-order valence-corrected chi connectivity index (χ3v) is 8.43. The van der Waals surface area contributed by atoms with Gasteiger partial charge < -0.3 is 40.0 Å². The number of hydrogen-bond acceptors (Lipinski definition) is 16. The smallest absolute Gasteiger partial charge is 0.328 e. The molecule has 2 aliphatic rings. The zero-order valence-corrected chi connectivity index (χ0v) is 31.2. The number of ether oxygens (including phenoxy) is 3. The Hall–Kier alpha value is -4.79. The average Bonchev–Trinajstić information content (AvgIpc) is 3.82. The molecule has 2 aliphatic heterocycles. The van der Waals surface area contributed by atoms with Gasteiger partial charge in [0.15, 0.2) is 0 Å². The second-order valence-corrected chi connectivity index (χ2v) is 13.6. The molecule has 1 fully saturated rings. The van der Waals surface area contributed by atoms with Crippen LogP contribution in [0.4, 0.5) is 11.5 Å². The molecule has 1 amide bonds. The first-order chi connectivity index (χ1) is 24.8. The number of aliphatic carboxylic acids is 2. The first-order valence-corrected chi connectivity index (χ1v) is 17.7. The van der Waals surface area contributed by atoms with Crippen molar-refractivity contribution in [1.82, 2.24) is 29.3 Å². The molecule has 0 spiro atoms. The van der Waals surface area contributed by atoms with Gasteiger partial charge >= 0.3 is 17.9 Å². The fraction of sp³-hybridized carbons (Fsp3) is 0.469. The Morgan fingerprint density at radius 3 is 2.46 bits per heavy atom. The Morgan fingerprint density at radius 1 is 1.10 bits per heavy atom.